The molecule has 7 nitrogen and oxygen atoms in total. The van der Waals surface area contributed by atoms with Gasteiger partial charge in [0.25, 0.3) is 10.0 Å². The van der Waals surface area contributed by atoms with Gasteiger partial charge in [0.1, 0.15) is 12.6 Å². The number of aryl methyl sites for hydroxylation is 1. The van der Waals surface area contributed by atoms with E-state index in [1.807, 2.05) is 63.2 Å². The molecule has 38 heavy (non-hydrogen) atoms. The number of sulfonamides is 1. The van der Waals surface area contributed by atoms with E-state index in [0.717, 1.165) is 17.5 Å². The van der Waals surface area contributed by atoms with E-state index in [9.17, 15) is 18.0 Å². The van der Waals surface area contributed by atoms with Crippen LogP contribution < -0.4 is 9.62 Å². The summed E-state index contributed by atoms with van der Waals surface area (Å²) < 4.78 is 29.0. The summed E-state index contributed by atoms with van der Waals surface area (Å²) in [7, 11) is -4.07. The van der Waals surface area contributed by atoms with Gasteiger partial charge in [-0.05, 0) is 48.6 Å². The van der Waals surface area contributed by atoms with Gasteiger partial charge in [-0.15, -0.1) is 0 Å². The van der Waals surface area contributed by atoms with Gasteiger partial charge in [-0.1, -0.05) is 87.5 Å². The third-order valence-electron chi connectivity index (χ3n) is 6.38. The van der Waals surface area contributed by atoms with Crippen LogP contribution in [-0.4, -0.2) is 44.3 Å². The van der Waals surface area contributed by atoms with Crippen molar-refractivity contribution in [2.75, 3.05) is 17.4 Å². The van der Waals surface area contributed by atoms with E-state index in [0.29, 0.717) is 25.1 Å². The van der Waals surface area contributed by atoms with E-state index in [4.69, 9.17) is 0 Å². The van der Waals surface area contributed by atoms with Gasteiger partial charge in [-0.25, -0.2) is 8.42 Å². The van der Waals surface area contributed by atoms with Crippen molar-refractivity contribution >= 4 is 27.5 Å². The first-order valence-electron chi connectivity index (χ1n) is 13.1. The SMILES string of the molecule is CCCNC(=O)C(CC)N(Cc1ccccc1)C(=O)CN(c1ccccc1CC)S(=O)(=O)c1ccccc1. The third-order valence-corrected chi connectivity index (χ3v) is 8.16. The number of para-hydroxylation sites is 1. The maximum absolute atomic E-state index is 14.0. The highest BCUT2D eigenvalue weighted by molar-refractivity contribution is 7.92. The Morgan fingerprint density at radius 1 is 0.842 bits per heavy atom. The summed E-state index contributed by atoms with van der Waals surface area (Å²) in [6, 6.07) is 24.0. The standard InChI is InChI=1S/C30H37N3O4S/c1-4-21-31-30(35)27(6-3)32(22-24-15-9-7-10-16-24)29(34)23-33(28-20-14-13-17-25(28)5-2)38(36,37)26-18-11-8-12-19-26/h7-20,27H,4-6,21-23H2,1-3H3,(H,31,35). The summed E-state index contributed by atoms with van der Waals surface area (Å²) in [5.74, 6) is -0.692. The van der Waals surface area contributed by atoms with Crippen LogP contribution in [0.1, 0.15) is 44.7 Å². The molecule has 3 aromatic rings. The van der Waals surface area contributed by atoms with Crippen molar-refractivity contribution in [1.29, 1.82) is 0 Å². The second-order valence-electron chi connectivity index (χ2n) is 9.03. The van der Waals surface area contributed by atoms with Gasteiger partial charge in [-0.3, -0.25) is 13.9 Å². The van der Waals surface area contributed by atoms with Crippen LogP contribution in [-0.2, 0) is 32.6 Å². The summed E-state index contributed by atoms with van der Waals surface area (Å²) >= 11 is 0. The number of carbonyl (C=O) groups is 2. The average Bonchev–Trinajstić information content (AvgIpc) is 2.95. The van der Waals surface area contributed by atoms with E-state index in [-0.39, 0.29) is 17.3 Å². The molecule has 0 radical (unpaired) electrons. The fourth-order valence-corrected chi connectivity index (χ4v) is 5.82. The number of benzene rings is 3. The van der Waals surface area contributed by atoms with Gasteiger partial charge in [0.05, 0.1) is 10.6 Å². The maximum Gasteiger partial charge on any atom is 0.264 e. The Hall–Kier alpha value is -3.65. The lowest BCUT2D eigenvalue weighted by Gasteiger charge is -2.33. The van der Waals surface area contributed by atoms with Gasteiger partial charge in [0.15, 0.2) is 0 Å². The summed E-state index contributed by atoms with van der Waals surface area (Å²) in [4.78, 5) is 28.7. The van der Waals surface area contributed by atoms with E-state index in [2.05, 4.69) is 5.32 Å². The fraction of sp³-hybridized carbons (Fsp3) is 0.333. The second-order valence-corrected chi connectivity index (χ2v) is 10.9. The van der Waals surface area contributed by atoms with E-state index in [1.54, 1.807) is 30.3 Å². The highest BCUT2D eigenvalue weighted by Crippen LogP contribution is 2.28. The van der Waals surface area contributed by atoms with Crippen molar-refractivity contribution in [2.24, 2.45) is 0 Å². The van der Waals surface area contributed by atoms with Crippen molar-refractivity contribution in [2.45, 2.75) is 57.5 Å². The summed E-state index contributed by atoms with van der Waals surface area (Å²) in [6.07, 6.45) is 1.76. The molecule has 0 bridgehead atoms. The first kappa shape index (κ1) is 28.9. The van der Waals surface area contributed by atoms with E-state index >= 15 is 0 Å². The zero-order valence-corrected chi connectivity index (χ0v) is 23.2. The lowest BCUT2D eigenvalue weighted by molar-refractivity contribution is -0.140. The van der Waals surface area contributed by atoms with Crippen LogP contribution in [0.4, 0.5) is 5.69 Å². The zero-order valence-electron chi connectivity index (χ0n) is 22.3. The topological polar surface area (TPSA) is 86.8 Å². The molecule has 1 unspecified atom stereocenters. The van der Waals surface area contributed by atoms with Gasteiger partial charge in [0.2, 0.25) is 11.8 Å². The molecule has 3 rings (SSSR count). The molecule has 1 N–H and O–H groups in total. The van der Waals surface area contributed by atoms with Crippen molar-refractivity contribution in [3.63, 3.8) is 0 Å². The molecule has 0 aromatic heterocycles. The molecule has 202 valence electrons. The molecule has 0 saturated carbocycles. The average molecular weight is 536 g/mol. The number of nitrogens with one attached hydrogen (secondary N) is 1. The Bertz CT molecular complexity index is 1300. The van der Waals surface area contributed by atoms with Crippen molar-refractivity contribution in [3.05, 3.63) is 96.1 Å². The van der Waals surface area contributed by atoms with Gasteiger partial charge in [-0.2, -0.15) is 0 Å². The van der Waals surface area contributed by atoms with E-state index in [1.165, 1.54) is 21.3 Å². The molecule has 8 heteroatoms. The number of carbonyl (C=O) groups excluding carboxylic acids is 2. The molecule has 0 aliphatic rings. The molecule has 2 amide bonds. The molecule has 3 aromatic carbocycles. The highest BCUT2D eigenvalue weighted by atomic mass is 32.2. The normalized spacial score (nSPS) is 12.0. The Balaban J connectivity index is 2.06. The predicted molar refractivity (Wildman–Crippen MR) is 151 cm³/mol. The predicted octanol–water partition coefficient (Wildman–Crippen LogP) is 4.78. The van der Waals surface area contributed by atoms with Crippen LogP contribution in [0, 0.1) is 0 Å². The summed E-state index contributed by atoms with van der Waals surface area (Å²) in [5, 5.41) is 2.90. The van der Waals surface area contributed by atoms with Crippen molar-refractivity contribution in [3.8, 4) is 0 Å². The quantitative estimate of drug-likeness (QED) is 0.341. The summed E-state index contributed by atoms with van der Waals surface area (Å²) in [6.45, 7) is 6.02. The molecule has 0 aliphatic heterocycles. The summed E-state index contributed by atoms with van der Waals surface area (Å²) in [5.41, 5.74) is 2.12. The van der Waals surface area contributed by atoms with Gasteiger partial charge < -0.3 is 10.2 Å². The first-order chi connectivity index (χ1) is 18.3. The Labute approximate surface area is 226 Å². The Morgan fingerprint density at radius 3 is 2.05 bits per heavy atom. The second kappa shape index (κ2) is 13.8. The molecule has 0 heterocycles. The highest BCUT2D eigenvalue weighted by Gasteiger charge is 2.34. The minimum Gasteiger partial charge on any atom is -0.354 e. The number of hydrogen-bond donors (Lipinski definition) is 1. The largest absolute Gasteiger partial charge is 0.354 e. The number of rotatable bonds is 13. The van der Waals surface area contributed by atoms with Crippen molar-refractivity contribution < 1.29 is 18.0 Å². The van der Waals surface area contributed by atoms with Crippen LogP contribution in [0.5, 0.6) is 0 Å². The Kier molecular flexibility index (Phi) is 10.5. The molecule has 1 atom stereocenters. The monoisotopic (exact) mass is 535 g/mol. The minimum atomic E-state index is -4.07. The molecule has 0 aliphatic carbocycles. The molecular formula is C30H37N3O4S. The molecular weight excluding hydrogens is 498 g/mol. The maximum atomic E-state index is 14.0. The lowest BCUT2D eigenvalue weighted by atomic mass is 10.1. The number of nitrogens with zero attached hydrogens (tertiary/aromatic N) is 2. The molecule has 0 saturated heterocycles. The van der Waals surface area contributed by atoms with Crippen LogP contribution in [0.25, 0.3) is 0 Å². The smallest absolute Gasteiger partial charge is 0.264 e. The third kappa shape index (κ3) is 7.01. The van der Waals surface area contributed by atoms with Crippen LogP contribution in [0.2, 0.25) is 0 Å². The number of hydrogen-bond acceptors (Lipinski definition) is 4. The van der Waals surface area contributed by atoms with E-state index < -0.39 is 28.5 Å². The van der Waals surface area contributed by atoms with Gasteiger partial charge >= 0.3 is 0 Å². The first-order valence-corrected chi connectivity index (χ1v) is 14.5. The van der Waals surface area contributed by atoms with Crippen molar-refractivity contribution in [1.82, 2.24) is 10.2 Å². The van der Waals surface area contributed by atoms with Crippen LogP contribution in [0.15, 0.2) is 89.8 Å². The Morgan fingerprint density at radius 2 is 1.45 bits per heavy atom. The van der Waals surface area contributed by atoms with Crippen LogP contribution in [0.3, 0.4) is 0 Å². The zero-order chi connectivity index (χ0) is 27.5. The molecule has 0 spiro atoms. The van der Waals surface area contributed by atoms with Crippen LogP contribution >= 0.6 is 0 Å². The lowest BCUT2D eigenvalue weighted by Crippen LogP contribution is -2.52. The molecule has 0 fully saturated rings. The number of amides is 2. The fourth-order valence-electron chi connectivity index (χ4n) is 4.35. The van der Waals surface area contributed by atoms with Gasteiger partial charge in [0, 0.05) is 13.1 Å². The minimum absolute atomic E-state index is 0.0982. The number of anilines is 1.